The molecule has 74 valence electrons. The van der Waals surface area contributed by atoms with E-state index in [1.54, 1.807) is 6.08 Å². The predicted octanol–water partition coefficient (Wildman–Crippen LogP) is 2.37. The van der Waals surface area contributed by atoms with Gasteiger partial charge in [0.1, 0.15) is 5.54 Å². The van der Waals surface area contributed by atoms with E-state index in [0.29, 0.717) is 0 Å². The summed E-state index contributed by atoms with van der Waals surface area (Å²) >= 11 is 0. The Morgan fingerprint density at radius 3 is 2.08 bits per heavy atom. The molecule has 1 unspecified atom stereocenters. The molecular formula is C9H12F3N. The van der Waals surface area contributed by atoms with Gasteiger partial charge in [-0.1, -0.05) is 24.3 Å². The largest absolute Gasteiger partial charge is 0.410 e. The Morgan fingerprint density at radius 1 is 1.23 bits per heavy atom. The molecule has 1 nitrogen and oxygen atoms in total. The molecule has 0 heterocycles. The maximum Gasteiger partial charge on any atom is 0.410 e. The van der Waals surface area contributed by atoms with Crippen molar-refractivity contribution >= 4 is 0 Å². The number of alkyl halides is 3. The van der Waals surface area contributed by atoms with E-state index in [4.69, 9.17) is 0 Å². The average Bonchev–Trinajstić information content (AvgIpc) is 2.03. The van der Waals surface area contributed by atoms with E-state index in [1.165, 1.54) is 37.2 Å². The highest BCUT2D eigenvalue weighted by Crippen LogP contribution is 2.39. The van der Waals surface area contributed by atoms with Crippen LogP contribution in [-0.4, -0.2) is 30.7 Å². The first-order valence-corrected chi connectivity index (χ1v) is 3.99. The lowest BCUT2D eigenvalue weighted by atomic mass is 9.89. The van der Waals surface area contributed by atoms with E-state index in [1.807, 2.05) is 0 Å². The third-order valence-electron chi connectivity index (χ3n) is 2.34. The molecular weight excluding hydrogens is 179 g/mol. The predicted molar refractivity (Wildman–Crippen MR) is 45.4 cm³/mol. The zero-order valence-corrected chi connectivity index (χ0v) is 7.60. The van der Waals surface area contributed by atoms with Crippen molar-refractivity contribution in [3.8, 4) is 0 Å². The summed E-state index contributed by atoms with van der Waals surface area (Å²) < 4.78 is 38.2. The number of rotatable bonds is 1. The highest BCUT2D eigenvalue weighted by atomic mass is 19.4. The summed E-state index contributed by atoms with van der Waals surface area (Å²) in [7, 11) is 2.88. The summed E-state index contributed by atoms with van der Waals surface area (Å²) in [6.07, 6.45) is 1.57. The van der Waals surface area contributed by atoms with Crippen molar-refractivity contribution in [1.29, 1.82) is 0 Å². The molecule has 0 saturated carbocycles. The van der Waals surface area contributed by atoms with Crippen molar-refractivity contribution in [2.24, 2.45) is 0 Å². The number of hydrogen-bond acceptors (Lipinski definition) is 1. The number of halogens is 3. The van der Waals surface area contributed by atoms with E-state index < -0.39 is 11.7 Å². The van der Waals surface area contributed by atoms with Gasteiger partial charge >= 0.3 is 6.18 Å². The molecule has 0 aromatic heterocycles. The molecule has 0 N–H and O–H groups in total. The lowest BCUT2D eigenvalue weighted by Crippen LogP contribution is -2.54. The summed E-state index contributed by atoms with van der Waals surface area (Å²) in [5.74, 6) is 0. The first-order valence-electron chi connectivity index (χ1n) is 3.99. The molecule has 0 aromatic carbocycles. The van der Waals surface area contributed by atoms with Gasteiger partial charge < -0.3 is 0 Å². The van der Waals surface area contributed by atoms with Gasteiger partial charge in [-0.3, -0.25) is 4.90 Å². The van der Waals surface area contributed by atoms with Crippen LogP contribution in [0, 0.1) is 0 Å². The van der Waals surface area contributed by atoms with Crippen LogP contribution >= 0.6 is 0 Å². The highest BCUT2D eigenvalue weighted by Gasteiger charge is 2.54. The average molecular weight is 191 g/mol. The van der Waals surface area contributed by atoms with Crippen LogP contribution in [0.2, 0.25) is 0 Å². The van der Waals surface area contributed by atoms with Gasteiger partial charge in [-0.15, -0.1) is 0 Å². The van der Waals surface area contributed by atoms with Crippen LogP contribution in [0.5, 0.6) is 0 Å². The monoisotopic (exact) mass is 191 g/mol. The van der Waals surface area contributed by atoms with Gasteiger partial charge in [0, 0.05) is 0 Å². The number of nitrogens with zero attached hydrogens (tertiary/aromatic N) is 1. The maximum atomic E-state index is 12.7. The second kappa shape index (κ2) is 3.18. The van der Waals surface area contributed by atoms with Gasteiger partial charge in [-0.25, -0.2) is 0 Å². The summed E-state index contributed by atoms with van der Waals surface area (Å²) in [6, 6.07) is 0. The normalized spacial score (nSPS) is 28.5. The zero-order chi connectivity index (χ0) is 10.1. The molecule has 1 aliphatic carbocycles. The second-order valence-corrected chi connectivity index (χ2v) is 3.31. The second-order valence-electron chi connectivity index (χ2n) is 3.31. The van der Waals surface area contributed by atoms with Crippen molar-refractivity contribution in [3.05, 3.63) is 24.3 Å². The Bertz CT molecular complexity index is 240. The lowest BCUT2D eigenvalue weighted by molar-refractivity contribution is -0.206. The quantitative estimate of drug-likeness (QED) is 0.615. The topological polar surface area (TPSA) is 3.24 Å². The summed E-state index contributed by atoms with van der Waals surface area (Å²) in [6.45, 7) is 0. The van der Waals surface area contributed by atoms with Gasteiger partial charge in [0.2, 0.25) is 0 Å². The molecule has 4 heteroatoms. The number of allylic oxidation sites excluding steroid dienone is 2. The Hall–Kier alpha value is -0.770. The van der Waals surface area contributed by atoms with Gasteiger partial charge in [-0.05, 0) is 20.5 Å². The van der Waals surface area contributed by atoms with Gasteiger partial charge in [0.25, 0.3) is 0 Å². The first-order chi connectivity index (χ1) is 5.90. The summed E-state index contributed by atoms with van der Waals surface area (Å²) in [4.78, 5) is 1.20. The minimum atomic E-state index is -4.22. The molecule has 1 aliphatic rings. The van der Waals surface area contributed by atoms with Crippen LogP contribution in [0.15, 0.2) is 24.3 Å². The van der Waals surface area contributed by atoms with Crippen LogP contribution in [0.25, 0.3) is 0 Å². The van der Waals surface area contributed by atoms with Crippen molar-refractivity contribution in [2.75, 3.05) is 14.1 Å². The maximum absolute atomic E-state index is 12.7. The molecule has 0 saturated heterocycles. The molecule has 1 atom stereocenters. The standard InChI is InChI=1S/C9H12F3N/c1-13(2)8(9(10,11)12)6-4-3-5-7-8/h3-6H,7H2,1-2H3. The van der Waals surface area contributed by atoms with Gasteiger partial charge in [0.05, 0.1) is 0 Å². The lowest BCUT2D eigenvalue weighted by Gasteiger charge is -2.39. The summed E-state index contributed by atoms with van der Waals surface area (Å²) in [5.41, 5.74) is -1.82. The molecule has 1 rings (SSSR count). The zero-order valence-electron chi connectivity index (χ0n) is 7.60. The first kappa shape index (κ1) is 10.3. The molecule has 13 heavy (non-hydrogen) atoms. The van der Waals surface area contributed by atoms with E-state index in [9.17, 15) is 13.2 Å². The minimum absolute atomic E-state index is 0.0139. The van der Waals surface area contributed by atoms with Crippen LogP contribution in [0.1, 0.15) is 6.42 Å². The van der Waals surface area contributed by atoms with Crippen molar-refractivity contribution in [3.63, 3.8) is 0 Å². The SMILES string of the molecule is CN(C)C1(C(F)(F)F)C=CC=CC1. The minimum Gasteiger partial charge on any atom is -0.292 e. The van der Waals surface area contributed by atoms with Gasteiger partial charge in [0.15, 0.2) is 0 Å². The van der Waals surface area contributed by atoms with Crippen LogP contribution in [-0.2, 0) is 0 Å². The molecule has 0 spiro atoms. The number of likely N-dealkylation sites (N-methyl/N-ethyl adjacent to an activating group) is 1. The van der Waals surface area contributed by atoms with Crippen LogP contribution in [0.4, 0.5) is 13.2 Å². The van der Waals surface area contributed by atoms with E-state index in [-0.39, 0.29) is 6.42 Å². The fourth-order valence-corrected chi connectivity index (χ4v) is 1.40. The molecule has 0 fully saturated rings. The Labute approximate surface area is 75.5 Å². The van der Waals surface area contributed by atoms with Crippen molar-refractivity contribution < 1.29 is 13.2 Å². The molecule has 0 amide bonds. The van der Waals surface area contributed by atoms with Crippen molar-refractivity contribution in [2.45, 2.75) is 18.1 Å². The third-order valence-corrected chi connectivity index (χ3v) is 2.34. The molecule has 0 aliphatic heterocycles. The molecule has 0 bridgehead atoms. The fraction of sp³-hybridized carbons (Fsp3) is 0.556. The van der Waals surface area contributed by atoms with Crippen LogP contribution < -0.4 is 0 Å². The Kier molecular flexibility index (Phi) is 2.52. The van der Waals surface area contributed by atoms with Crippen LogP contribution in [0.3, 0.4) is 0 Å². The van der Waals surface area contributed by atoms with Gasteiger partial charge in [-0.2, -0.15) is 13.2 Å². The van der Waals surface area contributed by atoms with E-state index in [0.717, 1.165) is 0 Å². The highest BCUT2D eigenvalue weighted by molar-refractivity contribution is 5.23. The Balaban J connectivity index is 3.03. The van der Waals surface area contributed by atoms with E-state index >= 15 is 0 Å². The smallest absolute Gasteiger partial charge is 0.292 e. The third kappa shape index (κ3) is 1.63. The summed E-state index contributed by atoms with van der Waals surface area (Å²) in [5, 5.41) is 0. The van der Waals surface area contributed by atoms with Crippen molar-refractivity contribution in [1.82, 2.24) is 4.90 Å². The fourth-order valence-electron chi connectivity index (χ4n) is 1.40. The molecule has 0 radical (unpaired) electrons. The van der Waals surface area contributed by atoms with E-state index in [2.05, 4.69) is 0 Å². The molecule has 0 aromatic rings. The number of hydrogen-bond donors (Lipinski definition) is 0. The Morgan fingerprint density at radius 2 is 1.85 bits per heavy atom.